The van der Waals surface area contributed by atoms with Crippen molar-refractivity contribution >= 4 is 17.5 Å². The maximum Gasteiger partial charge on any atom is 0.335 e. The Bertz CT molecular complexity index is 1050. The molecule has 4 nitrogen and oxygen atoms in total. The number of carbonyl (C=O) groups is 3. The zero-order valence-corrected chi connectivity index (χ0v) is 13.0. The highest BCUT2D eigenvalue weighted by Crippen LogP contribution is 2.34. The van der Waals surface area contributed by atoms with Crippen LogP contribution >= 0.6 is 0 Å². The first kappa shape index (κ1) is 15.0. The van der Waals surface area contributed by atoms with Crippen molar-refractivity contribution in [2.75, 3.05) is 0 Å². The second kappa shape index (κ2) is 5.53. The fraction of sp³-hybridized carbons (Fsp3) is 0. The molecule has 0 spiro atoms. The molecule has 3 aromatic carbocycles. The summed E-state index contributed by atoms with van der Waals surface area (Å²) >= 11 is 0. The average Bonchev–Trinajstić information content (AvgIpc) is 2.65. The highest BCUT2D eigenvalue weighted by molar-refractivity contribution is 6.30. The maximum absolute atomic E-state index is 13.0. The van der Waals surface area contributed by atoms with E-state index in [9.17, 15) is 14.4 Å². The van der Waals surface area contributed by atoms with Gasteiger partial charge < -0.3 is 5.11 Å². The van der Waals surface area contributed by atoms with E-state index in [4.69, 9.17) is 5.11 Å². The van der Waals surface area contributed by atoms with Crippen LogP contribution in [0, 0.1) is 0 Å². The minimum Gasteiger partial charge on any atom is -0.478 e. The predicted molar refractivity (Wildman–Crippen MR) is 92.1 cm³/mol. The van der Waals surface area contributed by atoms with Crippen LogP contribution in [0.1, 0.15) is 42.2 Å². The van der Waals surface area contributed by atoms with Gasteiger partial charge in [-0.05, 0) is 23.3 Å². The Labute approximate surface area is 143 Å². The van der Waals surface area contributed by atoms with Gasteiger partial charge in [0.15, 0.2) is 11.6 Å². The third-order valence-electron chi connectivity index (χ3n) is 4.40. The monoisotopic (exact) mass is 328 g/mol. The van der Waals surface area contributed by atoms with Gasteiger partial charge in [-0.25, -0.2) is 4.79 Å². The Morgan fingerprint density at radius 3 is 1.84 bits per heavy atom. The largest absolute Gasteiger partial charge is 0.478 e. The molecule has 120 valence electrons. The second-order valence-electron chi connectivity index (χ2n) is 5.81. The Morgan fingerprint density at radius 2 is 1.20 bits per heavy atom. The van der Waals surface area contributed by atoms with E-state index in [1.807, 2.05) is 0 Å². The van der Waals surface area contributed by atoms with Gasteiger partial charge in [-0.2, -0.15) is 0 Å². The van der Waals surface area contributed by atoms with Gasteiger partial charge in [0.25, 0.3) is 0 Å². The van der Waals surface area contributed by atoms with E-state index in [0.717, 1.165) is 0 Å². The van der Waals surface area contributed by atoms with Gasteiger partial charge in [-0.15, -0.1) is 0 Å². The molecule has 0 unspecified atom stereocenters. The van der Waals surface area contributed by atoms with Crippen LogP contribution < -0.4 is 0 Å². The van der Waals surface area contributed by atoms with Gasteiger partial charge in [-0.1, -0.05) is 54.6 Å². The summed E-state index contributed by atoms with van der Waals surface area (Å²) in [5, 5.41) is 9.03. The molecule has 0 atom stereocenters. The number of hydrogen-bond donors (Lipinski definition) is 1. The third kappa shape index (κ3) is 2.27. The molecule has 0 heterocycles. The highest BCUT2D eigenvalue weighted by atomic mass is 16.4. The lowest BCUT2D eigenvalue weighted by Crippen LogP contribution is -2.21. The minimum atomic E-state index is -1.01. The minimum absolute atomic E-state index is 0.168. The van der Waals surface area contributed by atoms with Crippen LogP contribution in [0.4, 0.5) is 0 Å². The molecule has 0 fully saturated rings. The van der Waals surface area contributed by atoms with Crippen LogP contribution in [0.3, 0.4) is 0 Å². The molecule has 0 bridgehead atoms. The van der Waals surface area contributed by atoms with E-state index in [1.165, 1.54) is 12.1 Å². The van der Waals surface area contributed by atoms with Crippen LogP contribution in [0.2, 0.25) is 0 Å². The molecule has 1 N–H and O–H groups in total. The van der Waals surface area contributed by atoms with E-state index in [-0.39, 0.29) is 17.1 Å². The molecule has 0 aliphatic heterocycles. The van der Waals surface area contributed by atoms with Crippen molar-refractivity contribution in [3.63, 3.8) is 0 Å². The Hall–Kier alpha value is -3.53. The Balaban J connectivity index is 1.92. The zero-order valence-electron chi connectivity index (χ0n) is 13.0. The Kier molecular flexibility index (Phi) is 3.32. The number of carboxylic acids is 1. The second-order valence-corrected chi connectivity index (χ2v) is 5.81. The standard InChI is InChI=1S/C21H12O4/c22-19-15-4-1-2-5-16(15)20(23)18-14(6-3-7-17(18)19)12-8-10-13(11-9-12)21(24)25/h1-11H,(H,24,25). The molecule has 0 saturated carbocycles. The van der Waals surface area contributed by atoms with Gasteiger partial charge >= 0.3 is 5.97 Å². The molecule has 4 heteroatoms. The summed E-state index contributed by atoms with van der Waals surface area (Å²) in [6.45, 7) is 0. The van der Waals surface area contributed by atoms with E-state index in [0.29, 0.717) is 33.4 Å². The first-order chi connectivity index (χ1) is 12.1. The molecule has 1 aliphatic rings. The zero-order chi connectivity index (χ0) is 17.6. The first-order valence-electron chi connectivity index (χ1n) is 7.73. The lowest BCUT2D eigenvalue weighted by molar-refractivity contribution is 0.0696. The summed E-state index contributed by atoms with van der Waals surface area (Å²) in [7, 11) is 0. The smallest absolute Gasteiger partial charge is 0.335 e. The summed E-state index contributed by atoms with van der Waals surface area (Å²) in [5.41, 5.74) is 3.05. The summed E-state index contributed by atoms with van der Waals surface area (Å²) in [6, 6.07) is 18.2. The van der Waals surface area contributed by atoms with Crippen LogP contribution in [0.15, 0.2) is 66.7 Å². The van der Waals surface area contributed by atoms with Gasteiger partial charge in [0.05, 0.1) is 5.56 Å². The van der Waals surface area contributed by atoms with Crippen molar-refractivity contribution < 1.29 is 19.5 Å². The van der Waals surface area contributed by atoms with Crippen molar-refractivity contribution in [1.82, 2.24) is 0 Å². The van der Waals surface area contributed by atoms with E-state index in [1.54, 1.807) is 54.6 Å². The number of carboxylic acid groups (broad SMARTS) is 1. The average molecular weight is 328 g/mol. The van der Waals surface area contributed by atoms with Crippen molar-refractivity contribution in [3.05, 3.63) is 94.5 Å². The molecule has 4 rings (SSSR count). The quantitative estimate of drug-likeness (QED) is 0.607. The normalized spacial score (nSPS) is 12.5. The first-order valence-corrected chi connectivity index (χ1v) is 7.73. The summed E-state index contributed by atoms with van der Waals surface area (Å²) in [4.78, 5) is 36.7. The summed E-state index contributed by atoms with van der Waals surface area (Å²) < 4.78 is 0. The number of hydrogen-bond acceptors (Lipinski definition) is 3. The number of ketones is 2. The van der Waals surface area contributed by atoms with E-state index >= 15 is 0 Å². The van der Waals surface area contributed by atoms with Crippen molar-refractivity contribution in [1.29, 1.82) is 0 Å². The third-order valence-corrected chi connectivity index (χ3v) is 4.40. The van der Waals surface area contributed by atoms with Crippen LogP contribution in [-0.2, 0) is 0 Å². The van der Waals surface area contributed by atoms with Crippen molar-refractivity contribution in [2.24, 2.45) is 0 Å². The Morgan fingerprint density at radius 1 is 0.640 bits per heavy atom. The van der Waals surface area contributed by atoms with Gasteiger partial charge in [-0.3, -0.25) is 9.59 Å². The number of fused-ring (bicyclic) bond motifs is 2. The fourth-order valence-corrected chi connectivity index (χ4v) is 3.18. The fourth-order valence-electron chi connectivity index (χ4n) is 3.18. The molecule has 0 aromatic heterocycles. The van der Waals surface area contributed by atoms with Crippen LogP contribution in [0.25, 0.3) is 11.1 Å². The van der Waals surface area contributed by atoms with Crippen molar-refractivity contribution in [2.45, 2.75) is 0 Å². The number of rotatable bonds is 2. The van der Waals surface area contributed by atoms with E-state index < -0.39 is 5.97 Å². The molecular weight excluding hydrogens is 316 g/mol. The highest BCUT2D eigenvalue weighted by Gasteiger charge is 2.31. The van der Waals surface area contributed by atoms with Crippen molar-refractivity contribution in [3.8, 4) is 11.1 Å². The number of benzene rings is 3. The predicted octanol–water partition coefficient (Wildman–Crippen LogP) is 3.83. The van der Waals surface area contributed by atoms with Gasteiger partial charge in [0.1, 0.15) is 0 Å². The summed E-state index contributed by atoms with van der Waals surface area (Å²) in [6.07, 6.45) is 0. The molecule has 0 radical (unpaired) electrons. The molecule has 1 aliphatic carbocycles. The van der Waals surface area contributed by atoms with Crippen LogP contribution in [-0.4, -0.2) is 22.6 Å². The number of aromatic carboxylic acids is 1. The lowest BCUT2D eigenvalue weighted by Gasteiger charge is -2.20. The number of carbonyl (C=O) groups excluding carboxylic acids is 2. The molecule has 0 amide bonds. The van der Waals surface area contributed by atoms with E-state index in [2.05, 4.69) is 0 Å². The lowest BCUT2D eigenvalue weighted by atomic mass is 9.80. The summed E-state index contributed by atoms with van der Waals surface area (Å²) in [5.74, 6) is -1.38. The molecule has 3 aromatic rings. The van der Waals surface area contributed by atoms with Crippen LogP contribution in [0.5, 0.6) is 0 Å². The molecule has 25 heavy (non-hydrogen) atoms. The molecule has 0 saturated heterocycles. The molecular formula is C21H12O4. The SMILES string of the molecule is O=C(O)c1ccc(-c2cccc3c2C(=O)c2ccccc2C3=O)cc1. The van der Waals surface area contributed by atoms with Gasteiger partial charge in [0, 0.05) is 22.3 Å². The van der Waals surface area contributed by atoms with Gasteiger partial charge in [0.2, 0.25) is 0 Å². The topological polar surface area (TPSA) is 71.4 Å². The maximum atomic E-state index is 13.0.